The Morgan fingerprint density at radius 1 is 1.00 bits per heavy atom. The van der Waals surface area contributed by atoms with Gasteiger partial charge in [-0.1, -0.05) is 12.1 Å². The van der Waals surface area contributed by atoms with Gasteiger partial charge >= 0.3 is 5.97 Å². The number of aliphatic carboxylic acids is 1. The van der Waals surface area contributed by atoms with Gasteiger partial charge in [-0.3, -0.25) is 4.79 Å². The predicted octanol–water partition coefficient (Wildman–Crippen LogP) is 2.45. The lowest BCUT2D eigenvalue weighted by Crippen LogP contribution is -2.26. The number of hydrogen-bond acceptors (Lipinski definition) is 5. The topological polar surface area (TPSA) is 85.3 Å². The molecule has 26 heavy (non-hydrogen) atoms. The van der Waals surface area contributed by atoms with Crippen LogP contribution in [0.2, 0.25) is 0 Å². The van der Waals surface area contributed by atoms with Crippen LogP contribution >= 0.6 is 0 Å². The first-order chi connectivity index (χ1) is 12.5. The highest BCUT2D eigenvalue weighted by molar-refractivity contribution is 6.07. The van der Waals surface area contributed by atoms with E-state index in [1.165, 1.54) is 4.90 Å². The van der Waals surface area contributed by atoms with Crippen molar-refractivity contribution in [3.05, 3.63) is 54.1 Å². The largest absolute Gasteiger partial charge is 0.490 e. The SMILES string of the molecule is COCCOc1ccccc1C(=O)N(C)c1ccc(OCC(=O)O)cc1. The molecule has 7 heteroatoms. The van der Waals surface area contributed by atoms with Gasteiger partial charge in [0.25, 0.3) is 5.91 Å². The van der Waals surface area contributed by atoms with Crippen LogP contribution < -0.4 is 14.4 Å². The van der Waals surface area contributed by atoms with Crippen LogP contribution in [0.3, 0.4) is 0 Å². The summed E-state index contributed by atoms with van der Waals surface area (Å²) in [6.07, 6.45) is 0. The molecule has 7 nitrogen and oxygen atoms in total. The molecule has 0 atom stereocenters. The maximum absolute atomic E-state index is 12.8. The zero-order valence-corrected chi connectivity index (χ0v) is 14.7. The van der Waals surface area contributed by atoms with Gasteiger partial charge in [-0.2, -0.15) is 0 Å². The summed E-state index contributed by atoms with van der Waals surface area (Å²) in [6, 6.07) is 13.6. The molecular weight excluding hydrogens is 338 g/mol. The van der Waals surface area contributed by atoms with Gasteiger partial charge < -0.3 is 24.2 Å². The van der Waals surface area contributed by atoms with Gasteiger partial charge in [0.05, 0.1) is 12.2 Å². The zero-order valence-electron chi connectivity index (χ0n) is 14.7. The summed E-state index contributed by atoms with van der Waals surface area (Å²) in [5.41, 5.74) is 1.08. The molecule has 0 saturated heterocycles. The molecule has 138 valence electrons. The average Bonchev–Trinajstić information content (AvgIpc) is 2.66. The van der Waals surface area contributed by atoms with Crippen molar-refractivity contribution in [1.29, 1.82) is 0 Å². The molecule has 0 fully saturated rings. The van der Waals surface area contributed by atoms with Crippen molar-refractivity contribution in [3.8, 4) is 11.5 Å². The standard InChI is InChI=1S/C19H21NO6/c1-20(14-7-9-15(10-8-14)26-13-18(21)22)19(23)16-5-3-4-6-17(16)25-12-11-24-2/h3-10H,11-13H2,1-2H3,(H,21,22). The van der Waals surface area contributed by atoms with Crippen molar-refractivity contribution in [2.45, 2.75) is 0 Å². The van der Waals surface area contributed by atoms with Crippen molar-refractivity contribution in [2.75, 3.05) is 38.9 Å². The number of amides is 1. The van der Waals surface area contributed by atoms with Gasteiger partial charge in [-0.05, 0) is 36.4 Å². The maximum Gasteiger partial charge on any atom is 0.341 e. The summed E-state index contributed by atoms with van der Waals surface area (Å²) in [5, 5.41) is 8.62. The molecule has 0 aliphatic rings. The Kier molecular flexibility index (Phi) is 6.99. The number of carboxylic acids is 1. The Balaban J connectivity index is 2.10. The fourth-order valence-corrected chi connectivity index (χ4v) is 2.21. The smallest absolute Gasteiger partial charge is 0.341 e. The molecule has 0 aromatic heterocycles. The van der Waals surface area contributed by atoms with E-state index in [9.17, 15) is 9.59 Å². The zero-order chi connectivity index (χ0) is 18.9. The lowest BCUT2D eigenvalue weighted by atomic mass is 10.1. The first kappa shape index (κ1) is 19.3. The number of nitrogens with zero attached hydrogens (tertiary/aromatic N) is 1. The summed E-state index contributed by atoms with van der Waals surface area (Å²) in [6.45, 7) is 0.358. The fraction of sp³-hybridized carbons (Fsp3) is 0.263. The molecule has 2 rings (SSSR count). The van der Waals surface area contributed by atoms with Crippen LogP contribution in [0.15, 0.2) is 48.5 Å². The Hall–Kier alpha value is -3.06. The number of ether oxygens (including phenoxy) is 3. The monoisotopic (exact) mass is 359 g/mol. The molecule has 0 unspecified atom stereocenters. The molecule has 0 saturated carbocycles. The highest BCUT2D eigenvalue weighted by atomic mass is 16.5. The van der Waals surface area contributed by atoms with Crippen LogP contribution in [0.1, 0.15) is 10.4 Å². The highest BCUT2D eigenvalue weighted by Crippen LogP contribution is 2.24. The van der Waals surface area contributed by atoms with Gasteiger partial charge in [0.15, 0.2) is 6.61 Å². The number of hydrogen-bond donors (Lipinski definition) is 1. The predicted molar refractivity (Wildman–Crippen MR) is 96.1 cm³/mol. The first-order valence-electron chi connectivity index (χ1n) is 7.96. The summed E-state index contributed by atoms with van der Waals surface area (Å²) < 4.78 is 15.7. The first-order valence-corrected chi connectivity index (χ1v) is 7.96. The molecule has 0 aliphatic carbocycles. The minimum absolute atomic E-state index is 0.225. The number of rotatable bonds is 9. The Bertz CT molecular complexity index is 744. The van der Waals surface area contributed by atoms with E-state index >= 15 is 0 Å². The van der Waals surface area contributed by atoms with Crippen molar-refractivity contribution in [1.82, 2.24) is 0 Å². The van der Waals surface area contributed by atoms with E-state index in [0.29, 0.717) is 36.0 Å². The van der Waals surface area contributed by atoms with Crippen LogP contribution in [-0.2, 0) is 9.53 Å². The van der Waals surface area contributed by atoms with Crippen LogP contribution in [0.25, 0.3) is 0 Å². The summed E-state index contributed by atoms with van der Waals surface area (Å²) in [5.74, 6) is -0.369. The van der Waals surface area contributed by atoms with Gasteiger partial charge in [0.2, 0.25) is 0 Å². The molecule has 0 radical (unpaired) electrons. The Morgan fingerprint density at radius 3 is 2.35 bits per heavy atom. The van der Waals surface area contributed by atoms with Gasteiger partial charge in [0, 0.05) is 19.8 Å². The van der Waals surface area contributed by atoms with Crippen molar-refractivity contribution in [3.63, 3.8) is 0 Å². The van der Waals surface area contributed by atoms with Crippen molar-refractivity contribution >= 4 is 17.6 Å². The number of para-hydroxylation sites is 1. The maximum atomic E-state index is 12.8. The van der Waals surface area contributed by atoms with E-state index in [-0.39, 0.29) is 5.91 Å². The molecule has 1 amide bonds. The van der Waals surface area contributed by atoms with Crippen LogP contribution in [-0.4, -0.2) is 51.0 Å². The third-order valence-corrected chi connectivity index (χ3v) is 3.55. The lowest BCUT2D eigenvalue weighted by Gasteiger charge is -2.19. The van der Waals surface area contributed by atoms with E-state index in [4.69, 9.17) is 19.3 Å². The number of carboxylic acid groups (broad SMARTS) is 1. The average molecular weight is 359 g/mol. The molecule has 0 aliphatic heterocycles. The molecule has 0 heterocycles. The molecule has 0 spiro atoms. The quantitative estimate of drug-likeness (QED) is 0.692. The number of benzene rings is 2. The van der Waals surface area contributed by atoms with E-state index in [1.54, 1.807) is 62.7 Å². The molecule has 2 aromatic carbocycles. The minimum atomic E-state index is -1.05. The lowest BCUT2D eigenvalue weighted by molar-refractivity contribution is -0.139. The highest BCUT2D eigenvalue weighted by Gasteiger charge is 2.18. The Labute approximate surface area is 151 Å². The molecular formula is C19H21NO6. The second-order valence-corrected chi connectivity index (χ2v) is 5.38. The van der Waals surface area contributed by atoms with Gasteiger partial charge in [0.1, 0.15) is 18.1 Å². The number of anilines is 1. The van der Waals surface area contributed by atoms with E-state index in [1.807, 2.05) is 0 Å². The van der Waals surface area contributed by atoms with Crippen LogP contribution in [0.4, 0.5) is 5.69 Å². The normalized spacial score (nSPS) is 10.2. The fourth-order valence-electron chi connectivity index (χ4n) is 2.21. The molecule has 1 N–H and O–H groups in total. The van der Waals surface area contributed by atoms with Crippen molar-refractivity contribution < 1.29 is 28.9 Å². The van der Waals surface area contributed by atoms with E-state index in [2.05, 4.69) is 0 Å². The van der Waals surface area contributed by atoms with Crippen LogP contribution in [0, 0.1) is 0 Å². The van der Waals surface area contributed by atoms with Gasteiger partial charge in [-0.25, -0.2) is 4.79 Å². The molecule has 0 bridgehead atoms. The summed E-state index contributed by atoms with van der Waals surface area (Å²) in [4.78, 5) is 24.8. The number of carbonyl (C=O) groups is 2. The second kappa shape index (κ2) is 9.43. The number of carbonyl (C=O) groups excluding carboxylic acids is 1. The number of methoxy groups -OCH3 is 1. The summed E-state index contributed by atoms with van der Waals surface area (Å²) in [7, 11) is 3.24. The Morgan fingerprint density at radius 2 is 1.69 bits per heavy atom. The minimum Gasteiger partial charge on any atom is -0.490 e. The van der Waals surface area contributed by atoms with E-state index < -0.39 is 12.6 Å². The van der Waals surface area contributed by atoms with E-state index in [0.717, 1.165) is 0 Å². The molecule has 2 aromatic rings. The van der Waals surface area contributed by atoms with Crippen molar-refractivity contribution in [2.24, 2.45) is 0 Å². The summed E-state index contributed by atoms with van der Waals surface area (Å²) >= 11 is 0. The van der Waals surface area contributed by atoms with Crippen LogP contribution in [0.5, 0.6) is 11.5 Å². The third kappa shape index (κ3) is 5.22. The van der Waals surface area contributed by atoms with Gasteiger partial charge in [-0.15, -0.1) is 0 Å². The third-order valence-electron chi connectivity index (χ3n) is 3.55. The second-order valence-electron chi connectivity index (χ2n) is 5.38.